The van der Waals surface area contributed by atoms with Crippen molar-refractivity contribution >= 4 is 11.6 Å². The maximum Gasteiger partial charge on any atom is 0.246 e. The van der Waals surface area contributed by atoms with Gasteiger partial charge in [-0.15, -0.1) is 0 Å². The van der Waals surface area contributed by atoms with Crippen molar-refractivity contribution in [3.8, 4) is 0 Å². The van der Waals surface area contributed by atoms with Crippen LogP contribution in [0.4, 0.5) is 0 Å². The van der Waals surface area contributed by atoms with Crippen molar-refractivity contribution < 1.29 is 19.4 Å². The summed E-state index contributed by atoms with van der Waals surface area (Å²) in [5, 5.41) is 15.0. The van der Waals surface area contributed by atoms with Crippen molar-refractivity contribution in [3.63, 3.8) is 0 Å². The molecule has 2 unspecified atom stereocenters. The van der Waals surface area contributed by atoms with Gasteiger partial charge >= 0.3 is 0 Å². The SMILES string of the molecule is O=C1C(CC2OCCO2)C2CCCCC2=NN1CCO. The van der Waals surface area contributed by atoms with E-state index in [9.17, 15) is 4.79 Å². The third-order valence-electron chi connectivity index (χ3n) is 4.38. The number of hydrazone groups is 1. The number of aliphatic hydroxyl groups excluding tert-OH is 1. The Balaban J connectivity index is 1.77. The summed E-state index contributed by atoms with van der Waals surface area (Å²) < 4.78 is 11.0. The maximum atomic E-state index is 12.6. The van der Waals surface area contributed by atoms with E-state index in [1.807, 2.05) is 0 Å². The zero-order chi connectivity index (χ0) is 13.9. The topological polar surface area (TPSA) is 71.4 Å². The molecule has 0 spiro atoms. The smallest absolute Gasteiger partial charge is 0.246 e. The molecule has 2 atom stereocenters. The van der Waals surface area contributed by atoms with Gasteiger partial charge in [-0.1, -0.05) is 6.42 Å². The van der Waals surface area contributed by atoms with Gasteiger partial charge in [0.2, 0.25) is 5.91 Å². The molecule has 20 heavy (non-hydrogen) atoms. The monoisotopic (exact) mass is 282 g/mol. The Bertz CT molecular complexity index is 393. The second-order valence-corrected chi connectivity index (χ2v) is 5.64. The molecule has 0 aromatic rings. The van der Waals surface area contributed by atoms with E-state index >= 15 is 0 Å². The average molecular weight is 282 g/mol. The number of β-amino-alcohol motifs (C(OH)–C–C–N with tert-alkyl or cyclic N) is 1. The molecule has 3 rings (SSSR count). The summed E-state index contributed by atoms with van der Waals surface area (Å²) >= 11 is 0. The molecule has 1 saturated heterocycles. The van der Waals surface area contributed by atoms with Crippen molar-refractivity contribution in [2.24, 2.45) is 16.9 Å². The summed E-state index contributed by atoms with van der Waals surface area (Å²) in [5.74, 6) is 0.130. The van der Waals surface area contributed by atoms with Crippen molar-refractivity contribution in [1.82, 2.24) is 5.01 Å². The molecule has 1 N–H and O–H groups in total. The lowest BCUT2D eigenvalue weighted by atomic mass is 9.75. The highest BCUT2D eigenvalue weighted by Gasteiger charge is 2.41. The number of rotatable bonds is 4. The van der Waals surface area contributed by atoms with Crippen molar-refractivity contribution in [2.45, 2.75) is 38.4 Å². The molecular weight excluding hydrogens is 260 g/mol. The van der Waals surface area contributed by atoms with Gasteiger partial charge in [-0.3, -0.25) is 4.79 Å². The molecule has 1 aliphatic carbocycles. The van der Waals surface area contributed by atoms with E-state index in [2.05, 4.69) is 5.10 Å². The highest BCUT2D eigenvalue weighted by molar-refractivity contribution is 5.96. The van der Waals surface area contributed by atoms with Gasteiger partial charge in [0.05, 0.1) is 32.3 Å². The van der Waals surface area contributed by atoms with E-state index in [1.54, 1.807) is 0 Å². The highest BCUT2D eigenvalue weighted by atomic mass is 16.7. The molecule has 2 fully saturated rings. The number of carbonyl (C=O) groups is 1. The molecule has 112 valence electrons. The summed E-state index contributed by atoms with van der Waals surface area (Å²) in [4.78, 5) is 12.6. The number of carbonyl (C=O) groups excluding carboxylic acids is 1. The number of amides is 1. The molecule has 2 aliphatic heterocycles. The van der Waals surface area contributed by atoms with E-state index in [1.165, 1.54) is 5.01 Å². The fourth-order valence-electron chi connectivity index (χ4n) is 3.42. The highest BCUT2D eigenvalue weighted by Crippen LogP contribution is 2.36. The maximum absolute atomic E-state index is 12.6. The molecule has 2 heterocycles. The van der Waals surface area contributed by atoms with Crippen LogP contribution in [-0.4, -0.2) is 54.4 Å². The third kappa shape index (κ3) is 2.73. The van der Waals surface area contributed by atoms with Gasteiger partial charge in [-0.25, -0.2) is 5.01 Å². The molecule has 3 aliphatic rings. The van der Waals surface area contributed by atoms with Gasteiger partial charge in [0, 0.05) is 18.1 Å². The Morgan fingerprint density at radius 1 is 1.30 bits per heavy atom. The molecule has 0 aromatic heterocycles. The number of fused-ring (bicyclic) bond motifs is 1. The number of ether oxygens (including phenoxy) is 2. The van der Waals surface area contributed by atoms with Gasteiger partial charge in [0.25, 0.3) is 0 Å². The number of nitrogens with zero attached hydrogens (tertiary/aromatic N) is 2. The van der Waals surface area contributed by atoms with Gasteiger partial charge in [-0.05, 0) is 19.3 Å². The normalized spacial score (nSPS) is 31.4. The summed E-state index contributed by atoms with van der Waals surface area (Å²) in [5.41, 5.74) is 1.12. The standard InChI is InChI=1S/C14H22N2O4/c17-6-5-16-14(18)11(9-13-19-7-8-20-13)10-3-1-2-4-12(10)15-16/h10-11,13,17H,1-9H2. The average Bonchev–Trinajstić information content (AvgIpc) is 2.97. The second-order valence-electron chi connectivity index (χ2n) is 5.64. The van der Waals surface area contributed by atoms with Crippen LogP contribution < -0.4 is 0 Å². The molecule has 0 aromatic carbocycles. The van der Waals surface area contributed by atoms with E-state index in [-0.39, 0.29) is 37.2 Å². The van der Waals surface area contributed by atoms with Gasteiger partial charge in [-0.2, -0.15) is 5.10 Å². The van der Waals surface area contributed by atoms with Gasteiger partial charge < -0.3 is 14.6 Å². The van der Waals surface area contributed by atoms with E-state index in [0.29, 0.717) is 19.6 Å². The predicted molar refractivity (Wildman–Crippen MR) is 72.0 cm³/mol. The van der Waals surface area contributed by atoms with E-state index in [0.717, 1.165) is 31.4 Å². The first-order valence-electron chi connectivity index (χ1n) is 7.52. The van der Waals surface area contributed by atoms with Crippen LogP contribution in [0.2, 0.25) is 0 Å². The Morgan fingerprint density at radius 2 is 2.10 bits per heavy atom. The molecule has 1 amide bonds. The summed E-state index contributed by atoms with van der Waals surface area (Å²) in [6.07, 6.45) is 4.61. The minimum atomic E-state index is -0.263. The molecule has 0 bridgehead atoms. The molecular formula is C14H22N2O4. The third-order valence-corrected chi connectivity index (χ3v) is 4.38. The number of hydrogen-bond acceptors (Lipinski definition) is 5. The minimum absolute atomic E-state index is 0.00815. The zero-order valence-corrected chi connectivity index (χ0v) is 11.7. The summed E-state index contributed by atoms with van der Waals surface area (Å²) in [6, 6.07) is 0. The molecule has 0 radical (unpaired) electrons. The second kappa shape index (κ2) is 6.20. The molecule has 1 saturated carbocycles. The van der Waals surface area contributed by atoms with Crippen LogP contribution >= 0.6 is 0 Å². The largest absolute Gasteiger partial charge is 0.394 e. The first kappa shape index (κ1) is 14.0. The van der Waals surface area contributed by atoms with Crippen LogP contribution in [0, 0.1) is 11.8 Å². The Hall–Kier alpha value is -0.980. The fourth-order valence-corrected chi connectivity index (χ4v) is 3.42. The number of hydrogen-bond donors (Lipinski definition) is 1. The first-order chi connectivity index (χ1) is 9.79. The van der Waals surface area contributed by atoms with Crippen LogP contribution in [0.15, 0.2) is 5.10 Å². The van der Waals surface area contributed by atoms with Crippen molar-refractivity contribution in [2.75, 3.05) is 26.4 Å². The quantitative estimate of drug-likeness (QED) is 0.826. The lowest BCUT2D eigenvalue weighted by Crippen LogP contribution is -2.47. The van der Waals surface area contributed by atoms with Crippen LogP contribution in [-0.2, 0) is 14.3 Å². The van der Waals surface area contributed by atoms with Crippen molar-refractivity contribution in [3.05, 3.63) is 0 Å². The van der Waals surface area contributed by atoms with Crippen LogP contribution in [0.25, 0.3) is 0 Å². The Morgan fingerprint density at radius 3 is 2.85 bits per heavy atom. The van der Waals surface area contributed by atoms with E-state index in [4.69, 9.17) is 14.6 Å². The molecule has 6 nitrogen and oxygen atoms in total. The van der Waals surface area contributed by atoms with Crippen LogP contribution in [0.5, 0.6) is 0 Å². The minimum Gasteiger partial charge on any atom is -0.394 e. The van der Waals surface area contributed by atoms with Gasteiger partial charge in [0.15, 0.2) is 6.29 Å². The van der Waals surface area contributed by atoms with Crippen molar-refractivity contribution in [1.29, 1.82) is 0 Å². The number of aliphatic hydroxyl groups is 1. The van der Waals surface area contributed by atoms with Gasteiger partial charge in [0.1, 0.15) is 0 Å². The summed E-state index contributed by atoms with van der Waals surface area (Å²) in [6.45, 7) is 1.43. The Kier molecular flexibility index (Phi) is 4.33. The van der Waals surface area contributed by atoms with Crippen LogP contribution in [0.3, 0.4) is 0 Å². The summed E-state index contributed by atoms with van der Waals surface area (Å²) in [7, 11) is 0. The molecule has 6 heteroatoms. The lowest BCUT2D eigenvalue weighted by Gasteiger charge is -2.38. The first-order valence-corrected chi connectivity index (χ1v) is 7.52. The predicted octanol–water partition coefficient (Wildman–Crippen LogP) is 0.746. The Labute approximate surface area is 118 Å². The van der Waals surface area contributed by atoms with Crippen LogP contribution in [0.1, 0.15) is 32.1 Å². The lowest BCUT2D eigenvalue weighted by molar-refractivity contribution is -0.143. The fraction of sp³-hybridized carbons (Fsp3) is 0.857. The van der Waals surface area contributed by atoms with E-state index < -0.39 is 0 Å². The zero-order valence-electron chi connectivity index (χ0n) is 11.7.